The van der Waals surface area contributed by atoms with E-state index >= 15 is 0 Å². The van der Waals surface area contributed by atoms with Gasteiger partial charge in [-0.2, -0.15) is 0 Å². The van der Waals surface area contributed by atoms with Crippen LogP contribution >= 0.6 is 11.3 Å². The summed E-state index contributed by atoms with van der Waals surface area (Å²) in [6.45, 7) is 5.46. The lowest BCUT2D eigenvalue weighted by Crippen LogP contribution is -2.26. The number of ether oxygens (including phenoxy) is 2. The largest absolute Gasteiger partial charge is 0.491 e. The highest BCUT2D eigenvalue weighted by Gasteiger charge is 2.28. The second-order valence-corrected chi connectivity index (χ2v) is 8.08. The Balaban J connectivity index is 1.33. The molecule has 0 N–H and O–H groups in total. The molecule has 1 atom stereocenters. The van der Waals surface area contributed by atoms with Gasteiger partial charge in [-0.05, 0) is 43.0 Å². The first kappa shape index (κ1) is 18.7. The zero-order valence-corrected chi connectivity index (χ0v) is 16.8. The second-order valence-electron chi connectivity index (χ2n) is 7.17. The van der Waals surface area contributed by atoms with Gasteiger partial charge in [0.2, 0.25) is 0 Å². The molecule has 7 heteroatoms. The molecule has 1 aliphatic heterocycles. The van der Waals surface area contributed by atoms with E-state index in [0.29, 0.717) is 6.54 Å². The molecule has 1 aliphatic rings. The van der Waals surface area contributed by atoms with E-state index in [-0.39, 0.29) is 24.6 Å². The highest BCUT2D eigenvalue weighted by molar-refractivity contribution is 7.17. The van der Waals surface area contributed by atoms with E-state index in [1.807, 2.05) is 49.6 Å². The predicted molar refractivity (Wildman–Crippen MR) is 110 cm³/mol. The summed E-state index contributed by atoms with van der Waals surface area (Å²) >= 11 is 1.64. The quantitative estimate of drug-likeness (QED) is 0.589. The Hall–Kier alpha value is -2.67. The van der Waals surface area contributed by atoms with Crippen molar-refractivity contribution in [3.8, 4) is 5.75 Å². The van der Waals surface area contributed by atoms with Crippen LogP contribution in [0, 0.1) is 0 Å². The van der Waals surface area contributed by atoms with E-state index in [9.17, 15) is 4.79 Å². The Labute approximate surface area is 168 Å². The molecule has 3 aromatic rings. The van der Waals surface area contributed by atoms with Crippen molar-refractivity contribution in [3.05, 3.63) is 47.6 Å². The average Bonchev–Trinajstić information content (AvgIpc) is 3.32. The van der Waals surface area contributed by atoms with Crippen LogP contribution in [0.1, 0.15) is 25.8 Å². The van der Waals surface area contributed by atoms with Crippen molar-refractivity contribution in [1.82, 2.24) is 9.97 Å². The Morgan fingerprint density at radius 2 is 2.07 bits per heavy atom. The average molecular weight is 398 g/mol. The standard InChI is InChI=1S/C21H23N3O3S/c1-14(2)26-16-5-3-15(4-6-16)11-19(25)27-17-7-9-24(12-17)21-20-18(8-10-28-20)22-13-23-21/h3-6,8,10,13-14,17H,7,9,11-12H2,1-2H3. The third-order valence-corrected chi connectivity index (χ3v) is 5.51. The van der Waals surface area contributed by atoms with Gasteiger partial charge in [-0.25, -0.2) is 9.97 Å². The van der Waals surface area contributed by atoms with Gasteiger partial charge >= 0.3 is 5.97 Å². The number of anilines is 1. The minimum Gasteiger partial charge on any atom is -0.491 e. The van der Waals surface area contributed by atoms with Crippen LogP contribution in [0.5, 0.6) is 5.75 Å². The molecule has 1 saturated heterocycles. The van der Waals surface area contributed by atoms with E-state index < -0.39 is 0 Å². The summed E-state index contributed by atoms with van der Waals surface area (Å²) < 4.78 is 12.4. The fourth-order valence-corrected chi connectivity index (χ4v) is 4.23. The van der Waals surface area contributed by atoms with Crippen LogP contribution in [-0.2, 0) is 16.0 Å². The molecule has 0 aliphatic carbocycles. The van der Waals surface area contributed by atoms with Gasteiger partial charge in [0.05, 0.1) is 29.3 Å². The number of nitrogens with zero attached hydrogens (tertiary/aromatic N) is 3. The molecule has 0 amide bonds. The monoisotopic (exact) mass is 397 g/mol. The maximum atomic E-state index is 12.3. The molecule has 4 rings (SSSR count). The van der Waals surface area contributed by atoms with Crippen LogP contribution in [0.4, 0.5) is 5.82 Å². The maximum absolute atomic E-state index is 12.3. The van der Waals surface area contributed by atoms with Gasteiger partial charge in [0.15, 0.2) is 0 Å². The van der Waals surface area contributed by atoms with Crippen molar-refractivity contribution in [1.29, 1.82) is 0 Å². The lowest BCUT2D eigenvalue weighted by Gasteiger charge is -2.18. The van der Waals surface area contributed by atoms with Crippen LogP contribution in [0.3, 0.4) is 0 Å². The van der Waals surface area contributed by atoms with E-state index in [1.165, 1.54) is 0 Å². The van der Waals surface area contributed by atoms with Gasteiger partial charge in [-0.15, -0.1) is 11.3 Å². The number of thiophene rings is 1. The Morgan fingerprint density at radius 3 is 2.86 bits per heavy atom. The first-order chi connectivity index (χ1) is 13.6. The molecule has 6 nitrogen and oxygen atoms in total. The van der Waals surface area contributed by atoms with Crippen LogP contribution in [0.15, 0.2) is 42.0 Å². The summed E-state index contributed by atoms with van der Waals surface area (Å²) in [6, 6.07) is 9.60. The molecular weight excluding hydrogens is 374 g/mol. The van der Waals surface area contributed by atoms with Gasteiger partial charge in [0.25, 0.3) is 0 Å². The molecule has 3 heterocycles. The third-order valence-electron chi connectivity index (χ3n) is 4.61. The van der Waals surface area contributed by atoms with Crippen molar-refractivity contribution in [3.63, 3.8) is 0 Å². The van der Waals surface area contributed by atoms with Gasteiger partial charge in [0.1, 0.15) is 24.0 Å². The van der Waals surface area contributed by atoms with Crippen molar-refractivity contribution in [2.24, 2.45) is 0 Å². The Bertz CT molecular complexity index is 955. The first-order valence-electron chi connectivity index (χ1n) is 9.46. The minimum atomic E-state index is -0.201. The number of aromatic nitrogens is 2. The fraction of sp³-hybridized carbons (Fsp3) is 0.381. The van der Waals surface area contributed by atoms with Crippen LogP contribution in [-0.4, -0.2) is 41.2 Å². The number of benzene rings is 1. The van der Waals surface area contributed by atoms with Crippen molar-refractivity contribution in [2.75, 3.05) is 18.0 Å². The predicted octanol–water partition coefficient (Wildman–Crippen LogP) is 3.84. The summed E-state index contributed by atoms with van der Waals surface area (Å²) in [7, 11) is 0. The SMILES string of the molecule is CC(C)Oc1ccc(CC(=O)OC2CCN(c3ncnc4ccsc34)C2)cc1. The van der Waals surface area contributed by atoms with Crippen LogP contribution < -0.4 is 9.64 Å². The summed E-state index contributed by atoms with van der Waals surface area (Å²) in [4.78, 5) is 23.3. The zero-order chi connectivity index (χ0) is 19.5. The first-order valence-corrected chi connectivity index (χ1v) is 10.3. The maximum Gasteiger partial charge on any atom is 0.310 e. The van der Waals surface area contributed by atoms with Gasteiger partial charge in [0, 0.05) is 13.0 Å². The summed E-state index contributed by atoms with van der Waals surface area (Å²) in [6.07, 6.45) is 2.69. The number of hydrogen-bond donors (Lipinski definition) is 0. The Kier molecular flexibility index (Phi) is 5.43. The lowest BCUT2D eigenvalue weighted by molar-refractivity contribution is -0.147. The summed E-state index contributed by atoms with van der Waals surface area (Å²) in [5.74, 6) is 1.54. The molecule has 28 heavy (non-hydrogen) atoms. The molecule has 1 fully saturated rings. The lowest BCUT2D eigenvalue weighted by atomic mass is 10.1. The molecule has 0 radical (unpaired) electrons. The van der Waals surface area contributed by atoms with E-state index in [4.69, 9.17) is 9.47 Å². The topological polar surface area (TPSA) is 64.6 Å². The second kappa shape index (κ2) is 8.14. The molecule has 1 aromatic carbocycles. The number of fused-ring (bicyclic) bond motifs is 1. The number of rotatable bonds is 6. The van der Waals surface area contributed by atoms with E-state index in [1.54, 1.807) is 17.7 Å². The van der Waals surface area contributed by atoms with Gasteiger partial charge in [-0.1, -0.05) is 12.1 Å². The van der Waals surface area contributed by atoms with Crippen molar-refractivity contribution < 1.29 is 14.3 Å². The smallest absolute Gasteiger partial charge is 0.310 e. The number of hydrogen-bond acceptors (Lipinski definition) is 7. The molecule has 0 bridgehead atoms. The van der Waals surface area contributed by atoms with Gasteiger partial charge in [-0.3, -0.25) is 4.79 Å². The van der Waals surface area contributed by atoms with Crippen LogP contribution in [0.2, 0.25) is 0 Å². The number of carbonyl (C=O) groups excluding carboxylic acids is 1. The molecule has 2 aromatic heterocycles. The normalized spacial score (nSPS) is 16.7. The Morgan fingerprint density at radius 1 is 1.25 bits per heavy atom. The summed E-state index contributed by atoms with van der Waals surface area (Å²) in [5.41, 5.74) is 1.88. The molecule has 0 saturated carbocycles. The van der Waals surface area contributed by atoms with Gasteiger partial charge < -0.3 is 14.4 Å². The highest BCUT2D eigenvalue weighted by atomic mass is 32.1. The molecule has 146 valence electrons. The molecule has 1 unspecified atom stereocenters. The van der Waals surface area contributed by atoms with Crippen molar-refractivity contribution in [2.45, 2.75) is 38.9 Å². The fourth-order valence-electron chi connectivity index (χ4n) is 3.37. The number of carbonyl (C=O) groups is 1. The zero-order valence-electron chi connectivity index (χ0n) is 16.0. The highest BCUT2D eigenvalue weighted by Crippen LogP contribution is 2.30. The summed E-state index contributed by atoms with van der Waals surface area (Å²) in [5, 5.41) is 2.02. The molecule has 0 spiro atoms. The van der Waals surface area contributed by atoms with Crippen molar-refractivity contribution >= 4 is 33.3 Å². The van der Waals surface area contributed by atoms with E-state index in [0.717, 1.165) is 40.3 Å². The van der Waals surface area contributed by atoms with E-state index in [2.05, 4.69) is 14.9 Å². The third kappa shape index (κ3) is 4.25. The van der Waals surface area contributed by atoms with Crippen LogP contribution in [0.25, 0.3) is 10.2 Å². The number of esters is 1. The molecular formula is C21H23N3O3S. The minimum absolute atomic E-state index is 0.110.